The minimum Gasteiger partial charge on any atom is -0.489 e. The van der Waals surface area contributed by atoms with Gasteiger partial charge in [0.15, 0.2) is 0 Å². The van der Waals surface area contributed by atoms with Gasteiger partial charge in [0.05, 0.1) is 10.9 Å². The normalized spacial score (nSPS) is 21.1. The van der Waals surface area contributed by atoms with Crippen LogP contribution in [-0.4, -0.2) is 44.6 Å². The first-order valence-corrected chi connectivity index (χ1v) is 13.2. The van der Waals surface area contributed by atoms with Gasteiger partial charge in [0.25, 0.3) is 0 Å². The third-order valence-corrected chi connectivity index (χ3v) is 8.92. The number of aliphatic carboxylic acids is 1. The van der Waals surface area contributed by atoms with Gasteiger partial charge in [0.1, 0.15) is 24.2 Å². The van der Waals surface area contributed by atoms with Crippen LogP contribution in [0.1, 0.15) is 27.5 Å². The first-order valence-electron chi connectivity index (χ1n) is 10.7. The molecule has 0 saturated carbocycles. The van der Waals surface area contributed by atoms with Gasteiger partial charge in [0, 0.05) is 20.8 Å². The topological polar surface area (TPSA) is 117 Å². The Hall–Kier alpha value is -2.89. The number of thiazole rings is 1. The summed E-state index contributed by atoms with van der Waals surface area (Å²) >= 11 is 5.59. The SMILES string of the molecule is Cc1ccc(COc2ccc(Br)cc2[C@@H]2c3sc(=O)[nH]c3S[C@@H]3C(=O)N(CC(=O)O)C(=O)[C@H]23)cc1. The monoisotopic (exact) mass is 574 g/mol. The summed E-state index contributed by atoms with van der Waals surface area (Å²) in [7, 11) is 0. The van der Waals surface area contributed by atoms with Gasteiger partial charge < -0.3 is 14.8 Å². The zero-order valence-corrected chi connectivity index (χ0v) is 21.5. The Morgan fingerprint density at radius 2 is 1.89 bits per heavy atom. The van der Waals surface area contributed by atoms with Gasteiger partial charge in [-0.25, -0.2) is 0 Å². The van der Waals surface area contributed by atoms with E-state index in [2.05, 4.69) is 20.9 Å². The number of ether oxygens (including phenoxy) is 1. The molecule has 5 rings (SSSR count). The summed E-state index contributed by atoms with van der Waals surface area (Å²) < 4.78 is 6.92. The molecule has 3 atom stereocenters. The van der Waals surface area contributed by atoms with Crippen LogP contribution in [0.3, 0.4) is 0 Å². The minimum absolute atomic E-state index is 0.285. The third kappa shape index (κ3) is 4.43. The molecule has 3 heterocycles. The minimum atomic E-state index is -1.26. The van der Waals surface area contributed by atoms with E-state index < -0.39 is 41.4 Å². The van der Waals surface area contributed by atoms with Crippen LogP contribution in [0.5, 0.6) is 5.75 Å². The first-order chi connectivity index (χ1) is 16.7. The third-order valence-electron chi connectivity index (χ3n) is 6.03. The summed E-state index contributed by atoms with van der Waals surface area (Å²) in [5.74, 6) is -3.38. The molecule has 0 aliphatic carbocycles. The number of thioether (sulfide) groups is 1. The second-order valence-corrected chi connectivity index (χ2v) is 11.4. The van der Waals surface area contributed by atoms with Crippen LogP contribution in [0.25, 0.3) is 0 Å². The highest BCUT2D eigenvalue weighted by Gasteiger charge is 2.56. The fourth-order valence-corrected chi connectivity index (χ4v) is 7.35. The number of carbonyl (C=O) groups is 3. The molecule has 11 heteroatoms. The molecule has 0 bridgehead atoms. The Morgan fingerprint density at radius 3 is 2.60 bits per heavy atom. The number of carboxylic acids is 1. The summed E-state index contributed by atoms with van der Waals surface area (Å²) in [5.41, 5.74) is 2.75. The predicted octanol–water partition coefficient (Wildman–Crippen LogP) is 3.76. The van der Waals surface area contributed by atoms with E-state index in [0.29, 0.717) is 27.8 Å². The number of benzene rings is 2. The highest BCUT2D eigenvalue weighted by Crippen LogP contribution is 2.54. The molecule has 2 aromatic carbocycles. The molecule has 2 amide bonds. The van der Waals surface area contributed by atoms with Gasteiger partial charge in [-0.05, 0) is 30.7 Å². The summed E-state index contributed by atoms with van der Waals surface area (Å²) in [5, 5.41) is 8.93. The number of likely N-dealkylation sites (tertiary alicyclic amines) is 1. The van der Waals surface area contributed by atoms with Crippen molar-refractivity contribution in [1.29, 1.82) is 0 Å². The van der Waals surface area contributed by atoms with Gasteiger partial charge >= 0.3 is 10.8 Å². The molecule has 0 unspecified atom stereocenters. The molecule has 180 valence electrons. The maximum absolute atomic E-state index is 13.4. The van der Waals surface area contributed by atoms with Crippen molar-refractivity contribution in [3.63, 3.8) is 0 Å². The predicted molar refractivity (Wildman–Crippen MR) is 134 cm³/mol. The van der Waals surface area contributed by atoms with Crippen LogP contribution >= 0.6 is 39.0 Å². The maximum atomic E-state index is 13.4. The number of nitrogens with zero attached hydrogens (tertiary/aromatic N) is 1. The number of carbonyl (C=O) groups excluding carboxylic acids is 2. The van der Waals surface area contributed by atoms with Crippen molar-refractivity contribution in [2.24, 2.45) is 5.92 Å². The lowest BCUT2D eigenvalue weighted by molar-refractivity contribution is -0.149. The number of fused-ring (bicyclic) bond motifs is 2. The van der Waals surface area contributed by atoms with Crippen molar-refractivity contribution < 1.29 is 24.2 Å². The molecule has 2 aliphatic rings. The maximum Gasteiger partial charge on any atom is 0.323 e. The molecule has 0 spiro atoms. The van der Waals surface area contributed by atoms with Crippen LogP contribution < -0.4 is 9.61 Å². The highest BCUT2D eigenvalue weighted by molar-refractivity contribution is 9.10. The van der Waals surface area contributed by atoms with Crippen LogP contribution in [0.15, 0.2) is 56.8 Å². The Kier molecular flexibility index (Phi) is 6.32. The van der Waals surface area contributed by atoms with Gasteiger partial charge in [-0.15, -0.1) is 0 Å². The molecule has 1 saturated heterocycles. The number of hydrogen-bond acceptors (Lipinski definition) is 7. The summed E-state index contributed by atoms with van der Waals surface area (Å²) in [6.45, 7) is 1.60. The van der Waals surface area contributed by atoms with Crippen LogP contribution in [0.4, 0.5) is 0 Å². The molecular formula is C24H19BrN2O6S2. The van der Waals surface area contributed by atoms with Crippen molar-refractivity contribution in [2.75, 3.05) is 6.54 Å². The zero-order chi connectivity index (χ0) is 24.9. The quantitative estimate of drug-likeness (QED) is 0.430. The first kappa shape index (κ1) is 23.8. The van der Waals surface area contributed by atoms with Crippen LogP contribution in [0.2, 0.25) is 0 Å². The second-order valence-electron chi connectivity index (χ2n) is 8.36. The number of hydrogen-bond donors (Lipinski definition) is 2. The molecule has 2 aliphatic heterocycles. The van der Waals surface area contributed by atoms with Gasteiger partial charge in [-0.3, -0.25) is 24.1 Å². The highest BCUT2D eigenvalue weighted by atomic mass is 79.9. The Balaban J connectivity index is 1.58. The fraction of sp³-hybridized carbons (Fsp3) is 0.250. The molecular weight excluding hydrogens is 556 g/mol. The summed E-state index contributed by atoms with van der Waals surface area (Å²) in [6, 6.07) is 13.4. The van der Waals surface area contributed by atoms with E-state index in [9.17, 15) is 24.3 Å². The lowest BCUT2D eigenvalue weighted by atomic mass is 9.82. The number of aromatic nitrogens is 1. The molecule has 1 fully saturated rings. The Labute approximate surface area is 216 Å². The number of aryl methyl sites for hydroxylation is 1. The molecule has 1 aromatic heterocycles. The average Bonchev–Trinajstić information content (AvgIpc) is 3.29. The van der Waals surface area contributed by atoms with Crippen molar-refractivity contribution >= 4 is 56.8 Å². The average molecular weight is 575 g/mol. The molecule has 2 N–H and O–H groups in total. The number of nitrogens with one attached hydrogen (secondary N) is 1. The van der Waals surface area contributed by atoms with Gasteiger partial charge in [0.2, 0.25) is 11.8 Å². The Morgan fingerprint density at radius 1 is 1.14 bits per heavy atom. The standard InChI is InChI=1S/C24H19BrN2O6S2/c1-11-2-4-12(5-3-11)10-33-15-7-6-13(25)8-14(15)17-18-20(34-21-19(17)35-24(32)26-21)23(31)27(22(18)30)9-16(28)29/h2-8,17-18,20H,9-10H2,1H3,(H,26,32)(H,28,29)/t17-,18+,20-/m0/s1. The van der Waals surface area contributed by atoms with Crippen LogP contribution in [-0.2, 0) is 21.0 Å². The van der Waals surface area contributed by atoms with E-state index in [-0.39, 0.29) is 4.87 Å². The lowest BCUT2D eigenvalue weighted by Crippen LogP contribution is -2.36. The number of H-pyrrole nitrogens is 1. The number of aromatic amines is 1. The van der Waals surface area contributed by atoms with Crippen molar-refractivity contribution in [2.45, 2.75) is 29.7 Å². The van der Waals surface area contributed by atoms with E-state index in [0.717, 1.165) is 43.6 Å². The van der Waals surface area contributed by atoms with Gasteiger partial charge in [-0.2, -0.15) is 0 Å². The van der Waals surface area contributed by atoms with Crippen molar-refractivity contribution in [3.8, 4) is 5.75 Å². The summed E-state index contributed by atoms with van der Waals surface area (Å²) in [6.07, 6.45) is 0. The lowest BCUT2D eigenvalue weighted by Gasteiger charge is -2.31. The van der Waals surface area contributed by atoms with E-state index in [1.165, 1.54) is 0 Å². The Bertz CT molecular complexity index is 1400. The largest absolute Gasteiger partial charge is 0.489 e. The number of carboxylic acid groups (broad SMARTS) is 1. The van der Waals surface area contributed by atoms with E-state index in [1.807, 2.05) is 43.3 Å². The van der Waals surface area contributed by atoms with E-state index in [1.54, 1.807) is 6.07 Å². The van der Waals surface area contributed by atoms with Crippen LogP contribution in [0, 0.1) is 12.8 Å². The smallest absolute Gasteiger partial charge is 0.323 e. The fourth-order valence-electron chi connectivity index (χ4n) is 4.44. The second kappa shape index (κ2) is 9.29. The number of halogens is 1. The number of imide groups is 1. The summed E-state index contributed by atoms with van der Waals surface area (Å²) in [4.78, 5) is 54.0. The molecule has 3 aromatic rings. The number of amides is 2. The van der Waals surface area contributed by atoms with Crippen molar-refractivity contribution in [3.05, 3.63) is 78.2 Å². The molecule has 8 nitrogen and oxygen atoms in total. The van der Waals surface area contributed by atoms with E-state index in [4.69, 9.17) is 4.74 Å². The van der Waals surface area contributed by atoms with Gasteiger partial charge in [-0.1, -0.05) is 68.9 Å². The molecule has 35 heavy (non-hydrogen) atoms. The zero-order valence-electron chi connectivity index (χ0n) is 18.3. The van der Waals surface area contributed by atoms with Crippen molar-refractivity contribution in [1.82, 2.24) is 9.88 Å². The van der Waals surface area contributed by atoms with E-state index >= 15 is 0 Å². The molecule has 0 radical (unpaired) electrons. The number of rotatable bonds is 6.